The zero-order valence-corrected chi connectivity index (χ0v) is 11.6. The Morgan fingerprint density at radius 3 is 2.72 bits per heavy atom. The second-order valence-electron chi connectivity index (χ2n) is 5.28. The van der Waals surface area contributed by atoms with Gasteiger partial charge in [0.2, 0.25) is 0 Å². The van der Waals surface area contributed by atoms with Crippen molar-refractivity contribution >= 4 is 11.6 Å². The quantitative estimate of drug-likeness (QED) is 0.870. The summed E-state index contributed by atoms with van der Waals surface area (Å²) in [5.74, 6) is 1.02. The van der Waals surface area contributed by atoms with Gasteiger partial charge < -0.3 is 5.32 Å². The van der Waals surface area contributed by atoms with Crippen LogP contribution in [0.2, 0.25) is 5.02 Å². The van der Waals surface area contributed by atoms with Crippen LogP contribution in [-0.2, 0) is 6.42 Å². The Morgan fingerprint density at radius 2 is 2.00 bits per heavy atom. The molecule has 1 fully saturated rings. The number of nitrogens with one attached hydrogen (secondary N) is 1. The number of hydrogen-bond donors (Lipinski definition) is 1. The van der Waals surface area contributed by atoms with Gasteiger partial charge in [-0.1, -0.05) is 36.6 Å². The van der Waals surface area contributed by atoms with E-state index in [0.717, 1.165) is 18.5 Å². The average molecular weight is 270 g/mol. The first kappa shape index (κ1) is 13.8. The fraction of sp³-hybridized carbons (Fsp3) is 0.600. The van der Waals surface area contributed by atoms with Crippen LogP contribution in [0.3, 0.4) is 0 Å². The van der Waals surface area contributed by atoms with Crippen molar-refractivity contribution in [2.24, 2.45) is 11.8 Å². The van der Waals surface area contributed by atoms with E-state index < -0.39 is 0 Å². The molecule has 0 amide bonds. The summed E-state index contributed by atoms with van der Waals surface area (Å²) in [7, 11) is 1.99. The summed E-state index contributed by atoms with van der Waals surface area (Å²) in [6, 6.07) is 5.33. The molecule has 100 valence electrons. The molecule has 0 heterocycles. The van der Waals surface area contributed by atoms with E-state index in [1.54, 1.807) is 6.07 Å². The Labute approximate surface area is 114 Å². The van der Waals surface area contributed by atoms with E-state index in [1.807, 2.05) is 19.2 Å². The highest BCUT2D eigenvalue weighted by Crippen LogP contribution is 2.33. The minimum absolute atomic E-state index is 0.229. The Balaban J connectivity index is 2.08. The molecular formula is C15H21ClFN. The summed E-state index contributed by atoms with van der Waals surface area (Å²) < 4.78 is 13.9. The fourth-order valence-corrected chi connectivity index (χ4v) is 3.27. The molecule has 1 aliphatic carbocycles. The van der Waals surface area contributed by atoms with E-state index in [0.29, 0.717) is 11.8 Å². The summed E-state index contributed by atoms with van der Waals surface area (Å²) in [4.78, 5) is 0. The van der Waals surface area contributed by atoms with Crippen LogP contribution in [0.4, 0.5) is 4.39 Å². The van der Waals surface area contributed by atoms with E-state index in [-0.39, 0.29) is 10.8 Å². The first-order valence-corrected chi connectivity index (χ1v) is 7.17. The number of hydrogen-bond acceptors (Lipinski definition) is 1. The van der Waals surface area contributed by atoms with Gasteiger partial charge >= 0.3 is 0 Å². The third-order valence-corrected chi connectivity index (χ3v) is 4.34. The van der Waals surface area contributed by atoms with Crippen molar-refractivity contribution in [1.29, 1.82) is 0 Å². The van der Waals surface area contributed by atoms with Crippen molar-refractivity contribution < 1.29 is 4.39 Å². The van der Waals surface area contributed by atoms with Crippen LogP contribution in [0.5, 0.6) is 0 Å². The van der Waals surface area contributed by atoms with Crippen LogP contribution in [0.25, 0.3) is 0 Å². The zero-order chi connectivity index (χ0) is 13.0. The minimum Gasteiger partial charge on any atom is -0.319 e. The lowest BCUT2D eigenvalue weighted by atomic mass is 9.76. The molecule has 0 radical (unpaired) electrons. The van der Waals surface area contributed by atoms with Crippen molar-refractivity contribution in [3.05, 3.63) is 34.6 Å². The van der Waals surface area contributed by atoms with Crippen molar-refractivity contribution in [3.8, 4) is 0 Å². The normalized spacial score (nSPS) is 24.2. The second kappa shape index (κ2) is 6.53. The lowest BCUT2D eigenvalue weighted by Gasteiger charge is -2.31. The van der Waals surface area contributed by atoms with E-state index in [2.05, 4.69) is 5.32 Å². The van der Waals surface area contributed by atoms with Crippen molar-refractivity contribution in [2.75, 3.05) is 13.6 Å². The maximum absolute atomic E-state index is 13.9. The van der Waals surface area contributed by atoms with Crippen molar-refractivity contribution in [1.82, 2.24) is 5.32 Å². The van der Waals surface area contributed by atoms with E-state index >= 15 is 0 Å². The van der Waals surface area contributed by atoms with Gasteiger partial charge in [0.05, 0.1) is 5.02 Å². The van der Waals surface area contributed by atoms with Gasteiger partial charge in [-0.2, -0.15) is 0 Å². The molecule has 1 aliphatic rings. The van der Waals surface area contributed by atoms with Crippen LogP contribution < -0.4 is 5.32 Å². The van der Waals surface area contributed by atoms with Gasteiger partial charge in [-0.15, -0.1) is 0 Å². The maximum Gasteiger partial charge on any atom is 0.144 e. The highest BCUT2D eigenvalue weighted by molar-refractivity contribution is 6.30. The van der Waals surface area contributed by atoms with Crippen LogP contribution >= 0.6 is 11.6 Å². The topological polar surface area (TPSA) is 12.0 Å². The summed E-state index contributed by atoms with van der Waals surface area (Å²) >= 11 is 5.84. The summed E-state index contributed by atoms with van der Waals surface area (Å²) in [6.45, 7) is 1.03. The SMILES string of the molecule is CNCC1CCCCC1Cc1cccc(Cl)c1F. The van der Waals surface area contributed by atoms with Gasteiger partial charge in [0.1, 0.15) is 5.82 Å². The van der Waals surface area contributed by atoms with Crippen LogP contribution in [0.15, 0.2) is 18.2 Å². The summed E-state index contributed by atoms with van der Waals surface area (Å²) in [5, 5.41) is 3.50. The minimum atomic E-state index is -0.229. The molecule has 2 atom stereocenters. The standard InChI is InChI=1S/C15H21ClFN/c1-18-10-13-6-3-2-5-11(13)9-12-7-4-8-14(16)15(12)17/h4,7-8,11,13,18H,2-3,5-6,9-10H2,1H3. The highest BCUT2D eigenvalue weighted by Gasteiger charge is 2.25. The molecule has 0 aliphatic heterocycles. The molecule has 2 unspecified atom stereocenters. The first-order valence-electron chi connectivity index (χ1n) is 6.80. The lowest BCUT2D eigenvalue weighted by molar-refractivity contribution is 0.230. The van der Waals surface area contributed by atoms with Gasteiger partial charge in [0, 0.05) is 0 Å². The largest absolute Gasteiger partial charge is 0.319 e. The highest BCUT2D eigenvalue weighted by atomic mass is 35.5. The molecule has 2 rings (SSSR count). The Morgan fingerprint density at radius 1 is 1.28 bits per heavy atom. The monoisotopic (exact) mass is 269 g/mol. The molecule has 18 heavy (non-hydrogen) atoms. The predicted octanol–water partition coefficient (Wildman–Crippen LogP) is 4.05. The van der Waals surface area contributed by atoms with Crippen LogP contribution in [0.1, 0.15) is 31.2 Å². The molecule has 0 bridgehead atoms. The first-order chi connectivity index (χ1) is 8.72. The maximum atomic E-state index is 13.9. The average Bonchev–Trinajstić information content (AvgIpc) is 2.37. The lowest BCUT2D eigenvalue weighted by Crippen LogP contribution is -2.30. The van der Waals surface area contributed by atoms with Gasteiger partial charge in [0.25, 0.3) is 0 Å². The van der Waals surface area contributed by atoms with Crippen molar-refractivity contribution in [3.63, 3.8) is 0 Å². The molecule has 1 nitrogen and oxygen atoms in total. The molecule has 0 spiro atoms. The van der Waals surface area contributed by atoms with Crippen molar-refractivity contribution in [2.45, 2.75) is 32.1 Å². The van der Waals surface area contributed by atoms with Gasteiger partial charge in [-0.05, 0) is 56.3 Å². The molecular weight excluding hydrogens is 249 g/mol. The number of rotatable bonds is 4. The second-order valence-corrected chi connectivity index (χ2v) is 5.69. The number of benzene rings is 1. The van der Waals surface area contributed by atoms with Gasteiger partial charge in [-0.25, -0.2) is 4.39 Å². The molecule has 0 aromatic heterocycles. The van der Waals surface area contributed by atoms with Gasteiger partial charge in [-0.3, -0.25) is 0 Å². The zero-order valence-electron chi connectivity index (χ0n) is 10.9. The number of halogens is 2. The molecule has 3 heteroatoms. The van der Waals surface area contributed by atoms with E-state index in [9.17, 15) is 4.39 Å². The molecule has 1 N–H and O–H groups in total. The molecule has 1 aromatic carbocycles. The predicted molar refractivity (Wildman–Crippen MR) is 74.5 cm³/mol. The third kappa shape index (κ3) is 3.24. The summed E-state index contributed by atoms with van der Waals surface area (Å²) in [6.07, 6.45) is 5.86. The Hall–Kier alpha value is -0.600. The molecule has 0 saturated heterocycles. The summed E-state index contributed by atoms with van der Waals surface area (Å²) in [5.41, 5.74) is 0.774. The van der Waals surface area contributed by atoms with E-state index in [4.69, 9.17) is 11.6 Å². The Bertz CT molecular complexity index is 392. The van der Waals surface area contributed by atoms with Crippen LogP contribution in [-0.4, -0.2) is 13.6 Å². The van der Waals surface area contributed by atoms with Gasteiger partial charge in [0.15, 0.2) is 0 Å². The molecule has 1 aromatic rings. The fourth-order valence-electron chi connectivity index (χ4n) is 3.07. The smallest absolute Gasteiger partial charge is 0.144 e. The third-order valence-electron chi connectivity index (χ3n) is 4.05. The Kier molecular flexibility index (Phi) is 5.02. The molecule has 1 saturated carbocycles. The van der Waals surface area contributed by atoms with Crippen LogP contribution in [0, 0.1) is 17.7 Å². The van der Waals surface area contributed by atoms with E-state index in [1.165, 1.54) is 25.7 Å².